The molecule has 0 aliphatic heterocycles. The third kappa shape index (κ3) is 2.01. The maximum atomic E-state index is 12.3. The van der Waals surface area contributed by atoms with Gasteiger partial charge in [-0.05, 0) is 43.3 Å². The molecule has 0 fully saturated rings. The Morgan fingerprint density at radius 3 is 2.40 bits per heavy atom. The van der Waals surface area contributed by atoms with Crippen molar-refractivity contribution >= 4 is 11.9 Å². The van der Waals surface area contributed by atoms with E-state index < -0.39 is 0 Å². The van der Waals surface area contributed by atoms with Crippen LogP contribution in [0.1, 0.15) is 0 Å². The molecule has 0 bridgehead atoms. The molecule has 0 spiro atoms. The minimum Gasteiger partial charge on any atom is -0.263 e. The second-order valence-corrected chi connectivity index (χ2v) is 2.84. The first-order valence-electron chi connectivity index (χ1n) is 2.92. The van der Waals surface area contributed by atoms with Crippen molar-refractivity contribution in [2.24, 2.45) is 0 Å². The lowest BCUT2D eigenvalue weighted by molar-refractivity contribution is 0.626. The number of hydrogen-bond acceptors (Lipinski definition) is 2. The number of rotatable bonds is 2. The fourth-order valence-corrected chi connectivity index (χ4v) is 1.13. The monoisotopic (exact) mass is 157 g/mol. The SMILES string of the molecule is CNSc1ccc(F)cc1. The van der Waals surface area contributed by atoms with Crippen LogP contribution in [-0.2, 0) is 0 Å². The molecule has 0 heterocycles. The predicted octanol–water partition coefficient (Wildman–Crippen LogP) is 2.05. The minimum absolute atomic E-state index is 0.194. The second-order valence-electron chi connectivity index (χ2n) is 1.76. The van der Waals surface area contributed by atoms with Gasteiger partial charge in [0.05, 0.1) is 0 Å². The van der Waals surface area contributed by atoms with Crippen LogP contribution in [0.2, 0.25) is 0 Å². The molecule has 0 atom stereocenters. The summed E-state index contributed by atoms with van der Waals surface area (Å²) in [6.07, 6.45) is 0. The molecule has 0 aliphatic carbocycles. The average molecular weight is 157 g/mol. The zero-order valence-corrected chi connectivity index (χ0v) is 6.41. The molecule has 0 amide bonds. The second kappa shape index (κ2) is 3.58. The molecule has 10 heavy (non-hydrogen) atoms. The van der Waals surface area contributed by atoms with Crippen molar-refractivity contribution in [2.75, 3.05) is 7.05 Å². The molecule has 0 aliphatic rings. The summed E-state index contributed by atoms with van der Waals surface area (Å²) in [6.45, 7) is 0. The number of benzene rings is 1. The van der Waals surface area contributed by atoms with Gasteiger partial charge in [0.2, 0.25) is 0 Å². The standard InChI is InChI=1S/C7H8FNS/c1-9-10-7-4-2-6(8)3-5-7/h2-5,9H,1H3. The molecule has 1 aromatic carbocycles. The maximum Gasteiger partial charge on any atom is 0.123 e. The largest absolute Gasteiger partial charge is 0.263 e. The van der Waals surface area contributed by atoms with Crippen LogP contribution in [-0.4, -0.2) is 7.05 Å². The predicted molar refractivity (Wildman–Crippen MR) is 41.3 cm³/mol. The van der Waals surface area contributed by atoms with E-state index in [1.54, 1.807) is 12.1 Å². The summed E-state index contributed by atoms with van der Waals surface area (Å²) in [4.78, 5) is 1.02. The molecule has 0 saturated carbocycles. The molecule has 1 aromatic rings. The molecule has 0 saturated heterocycles. The highest BCUT2D eigenvalue weighted by atomic mass is 32.2. The normalized spacial score (nSPS) is 9.80. The van der Waals surface area contributed by atoms with E-state index in [-0.39, 0.29) is 5.82 Å². The summed E-state index contributed by atoms with van der Waals surface area (Å²) >= 11 is 1.47. The van der Waals surface area contributed by atoms with Crippen molar-refractivity contribution in [1.29, 1.82) is 0 Å². The van der Waals surface area contributed by atoms with Crippen molar-refractivity contribution in [3.8, 4) is 0 Å². The summed E-state index contributed by atoms with van der Waals surface area (Å²) in [6, 6.07) is 6.35. The Morgan fingerprint density at radius 2 is 1.90 bits per heavy atom. The average Bonchev–Trinajstić information content (AvgIpc) is 1.95. The quantitative estimate of drug-likeness (QED) is 0.659. The van der Waals surface area contributed by atoms with Crippen LogP contribution in [0, 0.1) is 5.82 Å². The van der Waals surface area contributed by atoms with Gasteiger partial charge in [-0.15, -0.1) is 0 Å². The third-order valence-corrected chi connectivity index (χ3v) is 1.75. The van der Waals surface area contributed by atoms with Crippen LogP contribution in [0.3, 0.4) is 0 Å². The zero-order valence-electron chi connectivity index (χ0n) is 5.60. The lowest BCUT2D eigenvalue weighted by atomic mass is 10.4. The van der Waals surface area contributed by atoms with Crippen LogP contribution >= 0.6 is 11.9 Å². The lowest BCUT2D eigenvalue weighted by Crippen LogP contribution is -1.89. The van der Waals surface area contributed by atoms with Crippen LogP contribution in [0.4, 0.5) is 4.39 Å². The highest BCUT2D eigenvalue weighted by Crippen LogP contribution is 2.13. The Hall–Kier alpha value is -0.540. The van der Waals surface area contributed by atoms with Crippen molar-refractivity contribution in [1.82, 2.24) is 4.72 Å². The molecular weight excluding hydrogens is 149 g/mol. The Labute approximate surface area is 63.8 Å². The molecular formula is C7H8FNS. The van der Waals surface area contributed by atoms with Crippen molar-refractivity contribution in [2.45, 2.75) is 4.90 Å². The lowest BCUT2D eigenvalue weighted by Gasteiger charge is -1.96. The van der Waals surface area contributed by atoms with E-state index in [1.165, 1.54) is 24.1 Å². The minimum atomic E-state index is -0.194. The molecule has 3 heteroatoms. The molecule has 54 valence electrons. The summed E-state index contributed by atoms with van der Waals surface area (Å²) in [5.74, 6) is -0.194. The smallest absolute Gasteiger partial charge is 0.123 e. The van der Waals surface area contributed by atoms with E-state index in [9.17, 15) is 4.39 Å². The van der Waals surface area contributed by atoms with E-state index >= 15 is 0 Å². The number of halogens is 1. The fraction of sp³-hybridized carbons (Fsp3) is 0.143. The van der Waals surface area contributed by atoms with Gasteiger partial charge in [0.15, 0.2) is 0 Å². The van der Waals surface area contributed by atoms with Gasteiger partial charge in [-0.2, -0.15) is 0 Å². The van der Waals surface area contributed by atoms with Crippen LogP contribution in [0.15, 0.2) is 29.2 Å². The van der Waals surface area contributed by atoms with Gasteiger partial charge in [0, 0.05) is 4.90 Å². The summed E-state index contributed by atoms with van der Waals surface area (Å²) in [7, 11) is 1.83. The van der Waals surface area contributed by atoms with Gasteiger partial charge in [-0.1, -0.05) is 0 Å². The first-order valence-corrected chi connectivity index (χ1v) is 3.74. The highest BCUT2D eigenvalue weighted by Gasteiger charge is 1.90. The highest BCUT2D eigenvalue weighted by molar-refractivity contribution is 7.97. The van der Waals surface area contributed by atoms with E-state index in [0.29, 0.717) is 0 Å². The fourth-order valence-electron chi connectivity index (χ4n) is 0.620. The molecule has 0 radical (unpaired) electrons. The first-order chi connectivity index (χ1) is 4.83. The van der Waals surface area contributed by atoms with Crippen LogP contribution in [0.5, 0.6) is 0 Å². The van der Waals surface area contributed by atoms with Gasteiger partial charge in [0.25, 0.3) is 0 Å². The topological polar surface area (TPSA) is 12.0 Å². The molecule has 0 aromatic heterocycles. The van der Waals surface area contributed by atoms with Gasteiger partial charge < -0.3 is 0 Å². The molecule has 0 unspecified atom stereocenters. The zero-order chi connectivity index (χ0) is 7.40. The van der Waals surface area contributed by atoms with Gasteiger partial charge in [-0.3, -0.25) is 4.72 Å². The molecule has 1 rings (SSSR count). The molecule has 1 nitrogen and oxygen atoms in total. The summed E-state index contributed by atoms with van der Waals surface area (Å²) < 4.78 is 15.2. The Morgan fingerprint density at radius 1 is 1.30 bits per heavy atom. The van der Waals surface area contributed by atoms with Gasteiger partial charge in [0.1, 0.15) is 5.82 Å². The van der Waals surface area contributed by atoms with Gasteiger partial charge >= 0.3 is 0 Å². The van der Waals surface area contributed by atoms with E-state index in [2.05, 4.69) is 4.72 Å². The van der Waals surface area contributed by atoms with E-state index in [4.69, 9.17) is 0 Å². The Balaban J connectivity index is 2.69. The maximum absolute atomic E-state index is 12.3. The Bertz CT molecular complexity index is 197. The van der Waals surface area contributed by atoms with Crippen LogP contribution in [0.25, 0.3) is 0 Å². The Kier molecular flexibility index (Phi) is 2.71. The van der Waals surface area contributed by atoms with Crippen molar-refractivity contribution < 1.29 is 4.39 Å². The summed E-state index contributed by atoms with van der Waals surface area (Å²) in [5, 5.41) is 0. The first kappa shape index (κ1) is 7.57. The number of nitrogens with one attached hydrogen (secondary N) is 1. The van der Waals surface area contributed by atoms with Crippen molar-refractivity contribution in [3.05, 3.63) is 30.1 Å². The van der Waals surface area contributed by atoms with Gasteiger partial charge in [-0.25, -0.2) is 4.39 Å². The summed E-state index contributed by atoms with van der Waals surface area (Å²) in [5.41, 5.74) is 0. The third-order valence-electron chi connectivity index (χ3n) is 1.03. The van der Waals surface area contributed by atoms with E-state index in [1.807, 2.05) is 7.05 Å². The molecule has 1 N–H and O–H groups in total. The van der Waals surface area contributed by atoms with E-state index in [0.717, 1.165) is 4.90 Å². The van der Waals surface area contributed by atoms with Crippen LogP contribution < -0.4 is 4.72 Å². The number of hydrogen-bond donors (Lipinski definition) is 1. The van der Waals surface area contributed by atoms with Crippen molar-refractivity contribution in [3.63, 3.8) is 0 Å².